The molecule has 1 saturated heterocycles. The minimum absolute atomic E-state index is 0.00283. The smallest absolute Gasteiger partial charge is 0.326 e. The first-order chi connectivity index (χ1) is 15.3. The van der Waals surface area contributed by atoms with Crippen molar-refractivity contribution in [3.63, 3.8) is 0 Å². The molecule has 0 unspecified atom stereocenters. The van der Waals surface area contributed by atoms with E-state index in [1.54, 1.807) is 11.8 Å². The quantitative estimate of drug-likeness (QED) is 0.585. The van der Waals surface area contributed by atoms with E-state index in [2.05, 4.69) is 33.0 Å². The second kappa shape index (κ2) is 7.04. The van der Waals surface area contributed by atoms with E-state index in [0.717, 1.165) is 31.3 Å². The van der Waals surface area contributed by atoms with Crippen LogP contribution in [0.2, 0.25) is 0 Å². The molecule has 2 amide bonds. The second-order valence-corrected chi connectivity index (χ2v) is 12.2. The highest BCUT2D eigenvalue weighted by atomic mass is 79.9. The summed E-state index contributed by atoms with van der Waals surface area (Å²) in [7, 11) is 0. The number of nitrogens with one attached hydrogen (secondary N) is 1. The summed E-state index contributed by atoms with van der Waals surface area (Å²) in [4.78, 5) is 55.2. The first-order valence-electron chi connectivity index (χ1n) is 10.5. The Morgan fingerprint density at radius 2 is 1.81 bits per heavy atom. The van der Waals surface area contributed by atoms with Gasteiger partial charge in [-0.1, -0.05) is 39.4 Å². The normalized spacial score (nSPS) is 35.6. The molecule has 8 atom stereocenters. The van der Waals surface area contributed by atoms with Crippen LogP contribution in [0.4, 0.5) is 0 Å². The van der Waals surface area contributed by atoms with E-state index in [9.17, 15) is 24.3 Å². The molecule has 2 N–H and O–H groups in total. The van der Waals surface area contributed by atoms with Gasteiger partial charge in [0.05, 0.1) is 16.9 Å². The Balaban J connectivity index is 1.45. The molecular weight excluding hydrogens is 516 g/mol. The number of amides is 2. The van der Waals surface area contributed by atoms with Crippen LogP contribution >= 0.6 is 39.0 Å². The third-order valence-corrected chi connectivity index (χ3v) is 10.8. The van der Waals surface area contributed by atoms with E-state index in [1.807, 2.05) is 12.1 Å². The Morgan fingerprint density at radius 3 is 2.47 bits per heavy atom. The first-order valence-corrected chi connectivity index (χ1v) is 13.0. The molecule has 166 valence electrons. The number of nitrogens with zero attached hydrogens (tertiary/aromatic N) is 1. The second-order valence-electron chi connectivity index (χ2n) is 9.07. The monoisotopic (exact) mass is 534 g/mol. The summed E-state index contributed by atoms with van der Waals surface area (Å²) < 4.78 is 0.966. The fourth-order valence-electron chi connectivity index (χ4n) is 6.58. The van der Waals surface area contributed by atoms with Crippen LogP contribution < -0.4 is 4.87 Å². The minimum Gasteiger partial charge on any atom is -0.480 e. The lowest BCUT2D eigenvalue weighted by atomic mass is 9.68. The fourth-order valence-corrected chi connectivity index (χ4v) is 9.73. The standard InChI is InChI=1S/C22H19BrN2O5S2/c1-7(21(28)29)25-19(26)14-10-6-11(15(14)20(25)27)16-13(10)12(8-2-4-9(23)5-3-8)17-18(31-16)24-22(30)32-17/h2-5,7,10-16H,6H2,1H3,(H,24,30)(H,28,29)/t7-,10-,11-,12-,13-,14+,15-,16-/m1/s1. The number of carbonyl (C=O) groups is 3. The molecule has 7 nitrogen and oxygen atoms in total. The molecule has 2 aliphatic heterocycles. The average molecular weight is 535 g/mol. The summed E-state index contributed by atoms with van der Waals surface area (Å²) in [5.74, 6) is -2.70. The molecule has 2 bridgehead atoms. The highest BCUT2D eigenvalue weighted by Crippen LogP contribution is 2.68. The number of hydrogen-bond acceptors (Lipinski definition) is 6. The van der Waals surface area contributed by atoms with Gasteiger partial charge in [-0.05, 0) is 48.8 Å². The molecule has 3 heterocycles. The van der Waals surface area contributed by atoms with Gasteiger partial charge < -0.3 is 10.1 Å². The molecular formula is C22H19BrN2O5S2. The number of thioether (sulfide) groups is 1. The van der Waals surface area contributed by atoms with Crippen molar-refractivity contribution in [2.45, 2.75) is 35.6 Å². The van der Waals surface area contributed by atoms with Crippen molar-refractivity contribution in [2.75, 3.05) is 0 Å². The van der Waals surface area contributed by atoms with Crippen molar-refractivity contribution >= 4 is 56.8 Å². The zero-order chi connectivity index (χ0) is 22.5. The largest absolute Gasteiger partial charge is 0.480 e. The maximum absolute atomic E-state index is 13.3. The van der Waals surface area contributed by atoms with Crippen LogP contribution in [0.5, 0.6) is 0 Å². The molecule has 1 aromatic carbocycles. The number of benzene rings is 1. The highest BCUT2D eigenvalue weighted by molar-refractivity contribution is 9.10. The molecule has 1 aromatic heterocycles. The van der Waals surface area contributed by atoms with Crippen molar-refractivity contribution in [2.24, 2.45) is 29.6 Å². The lowest BCUT2D eigenvalue weighted by Crippen LogP contribution is -2.44. The van der Waals surface area contributed by atoms with Gasteiger partial charge in [-0.2, -0.15) is 0 Å². The number of carboxylic acid groups (broad SMARTS) is 1. The number of carbonyl (C=O) groups excluding carboxylic acids is 2. The highest BCUT2D eigenvalue weighted by Gasteiger charge is 2.70. The van der Waals surface area contributed by atoms with Gasteiger partial charge in [-0.25, -0.2) is 4.79 Å². The summed E-state index contributed by atoms with van der Waals surface area (Å²) in [6, 6.07) is 6.92. The predicted octanol–water partition coefficient (Wildman–Crippen LogP) is 3.15. The molecule has 2 aromatic rings. The van der Waals surface area contributed by atoms with E-state index in [-0.39, 0.29) is 45.6 Å². The zero-order valence-electron chi connectivity index (χ0n) is 16.9. The molecule has 6 rings (SSSR count). The summed E-state index contributed by atoms with van der Waals surface area (Å²) in [6.45, 7) is 1.40. The number of hydrogen-bond donors (Lipinski definition) is 2. The fraction of sp³-hybridized carbons (Fsp3) is 0.455. The van der Waals surface area contributed by atoms with E-state index in [0.29, 0.717) is 0 Å². The first kappa shape index (κ1) is 20.7. The van der Waals surface area contributed by atoms with Crippen LogP contribution in [0, 0.1) is 29.6 Å². The molecule has 2 aliphatic carbocycles. The van der Waals surface area contributed by atoms with Crippen LogP contribution in [0.3, 0.4) is 0 Å². The molecule has 3 fully saturated rings. The van der Waals surface area contributed by atoms with E-state index >= 15 is 0 Å². The molecule has 2 saturated carbocycles. The average Bonchev–Trinajstić information content (AvgIpc) is 3.47. The van der Waals surface area contributed by atoms with Gasteiger partial charge in [-0.15, -0.1) is 11.8 Å². The molecule has 4 aliphatic rings. The molecule has 10 heteroatoms. The van der Waals surface area contributed by atoms with E-state index in [4.69, 9.17) is 0 Å². The Labute approximate surface area is 199 Å². The van der Waals surface area contributed by atoms with E-state index in [1.165, 1.54) is 18.3 Å². The van der Waals surface area contributed by atoms with Crippen molar-refractivity contribution < 1.29 is 19.5 Å². The molecule has 0 radical (unpaired) electrons. The Kier molecular flexibility index (Phi) is 4.55. The van der Waals surface area contributed by atoms with Gasteiger partial charge in [0.2, 0.25) is 11.8 Å². The third kappa shape index (κ3) is 2.66. The SMILES string of the molecule is C[C@H](C(=O)O)N1C(=O)[C@@H]2[C@H]3C[C@@H]([C@@H]2C1=O)[C@@H]1[C@@H](c2ccc(Br)cc2)c2sc(=O)[nH]c2S[C@H]31. The van der Waals surface area contributed by atoms with Crippen LogP contribution in [0.15, 0.2) is 38.6 Å². The summed E-state index contributed by atoms with van der Waals surface area (Å²) in [6.07, 6.45) is 0.788. The number of likely N-dealkylation sites (tertiary alicyclic amines) is 1. The summed E-state index contributed by atoms with van der Waals surface area (Å²) in [5.41, 5.74) is 1.09. The van der Waals surface area contributed by atoms with Gasteiger partial charge in [0.1, 0.15) is 6.04 Å². The number of carboxylic acids is 1. The van der Waals surface area contributed by atoms with Crippen LogP contribution in [-0.2, 0) is 14.4 Å². The minimum atomic E-state index is -1.17. The number of imide groups is 1. The maximum atomic E-state index is 13.3. The number of aliphatic carboxylic acids is 1. The number of H-pyrrole nitrogens is 1. The Morgan fingerprint density at radius 1 is 1.16 bits per heavy atom. The van der Waals surface area contributed by atoms with Crippen LogP contribution in [0.1, 0.15) is 29.7 Å². The summed E-state index contributed by atoms with van der Waals surface area (Å²) in [5, 5.41) is 10.4. The van der Waals surface area contributed by atoms with Crippen molar-refractivity contribution in [3.8, 4) is 0 Å². The lowest BCUT2D eigenvalue weighted by molar-refractivity contribution is -0.154. The number of halogens is 1. The molecule has 32 heavy (non-hydrogen) atoms. The number of thiazole rings is 1. The Bertz CT molecular complexity index is 1220. The molecule has 0 spiro atoms. The van der Waals surface area contributed by atoms with Gasteiger partial charge in [0.15, 0.2) is 0 Å². The third-order valence-electron chi connectivity index (χ3n) is 7.73. The topological polar surface area (TPSA) is 108 Å². The lowest BCUT2D eigenvalue weighted by Gasteiger charge is -2.43. The van der Waals surface area contributed by atoms with Crippen LogP contribution in [-0.4, -0.2) is 44.1 Å². The Hall–Kier alpha value is -1.91. The number of aromatic nitrogens is 1. The van der Waals surface area contributed by atoms with Crippen molar-refractivity contribution in [1.82, 2.24) is 9.88 Å². The maximum Gasteiger partial charge on any atom is 0.326 e. The number of fused-ring (bicyclic) bond motifs is 9. The summed E-state index contributed by atoms with van der Waals surface area (Å²) >= 11 is 6.34. The van der Waals surface area contributed by atoms with Gasteiger partial charge in [0, 0.05) is 20.5 Å². The van der Waals surface area contributed by atoms with Gasteiger partial charge >= 0.3 is 10.8 Å². The van der Waals surface area contributed by atoms with Crippen molar-refractivity contribution in [1.29, 1.82) is 0 Å². The van der Waals surface area contributed by atoms with Crippen LogP contribution in [0.25, 0.3) is 0 Å². The van der Waals surface area contributed by atoms with Crippen molar-refractivity contribution in [3.05, 3.63) is 48.8 Å². The predicted molar refractivity (Wildman–Crippen MR) is 122 cm³/mol. The number of aromatic amines is 1. The zero-order valence-corrected chi connectivity index (χ0v) is 20.1. The van der Waals surface area contributed by atoms with Gasteiger partial charge in [0.25, 0.3) is 0 Å². The van der Waals surface area contributed by atoms with E-state index < -0.39 is 23.8 Å². The number of rotatable bonds is 3. The van der Waals surface area contributed by atoms with Gasteiger partial charge in [-0.3, -0.25) is 19.3 Å².